The van der Waals surface area contributed by atoms with E-state index in [0.29, 0.717) is 17.2 Å². The van der Waals surface area contributed by atoms with Crippen LogP contribution >= 0.6 is 15.9 Å². The number of rotatable bonds is 3. The quantitative estimate of drug-likeness (QED) is 0.332. The van der Waals surface area contributed by atoms with Crippen LogP contribution in [0.4, 0.5) is 5.69 Å². The molecule has 6 nitrogen and oxygen atoms in total. The van der Waals surface area contributed by atoms with Crippen LogP contribution in [0.1, 0.15) is 57.7 Å². The van der Waals surface area contributed by atoms with Crippen molar-refractivity contribution in [2.75, 3.05) is 4.90 Å². The second-order valence-electron chi connectivity index (χ2n) is 9.79. The second kappa shape index (κ2) is 8.05. The van der Waals surface area contributed by atoms with Crippen molar-refractivity contribution in [1.82, 2.24) is 0 Å². The van der Waals surface area contributed by atoms with Crippen molar-refractivity contribution in [3.8, 4) is 0 Å². The van der Waals surface area contributed by atoms with Crippen LogP contribution in [0.3, 0.4) is 0 Å². The lowest BCUT2D eigenvalue weighted by molar-refractivity contribution is -0.127. The highest BCUT2D eigenvalue weighted by Gasteiger charge is 2.74. The molecule has 3 aliphatic rings. The Hall–Kier alpha value is -3.42. The molecular formula is C29H22BrNO5. The van der Waals surface area contributed by atoms with Crippen LogP contribution in [-0.4, -0.2) is 29.0 Å². The first-order valence-corrected chi connectivity index (χ1v) is 12.6. The number of fused-ring (bicyclic) bond motifs is 3. The zero-order valence-electron chi connectivity index (χ0n) is 19.6. The summed E-state index contributed by atoms with van der Waals surface area (Å²) in [5.41, 5.74) is 0.531. The fourth-order valence-electron chi connectivity index (χ4n) is 5.73. The van der Waals surface area contributed by atoms with Gasteiger partial charge in [0.1, 0.15) is 0 Å². The Morgan fingerprint density at radius 2 is 1.39 bits per heavy atom. The molecule has 1 aliphatic carbocycles. The highest BCUT2D eigenvalue weighted by molar-refractivity contribution is 9.10. The van der Waals surface area contributed by atoms with E-state index in [4.69, 9.17) is 4.74 Å². The van der Waals surface area contributed by atoms with Gasteiger partial charge >= 0.3 is 0 Å². The maximum atomic E-state index is 13.9. The summed E-state index contributed by atoms with van der Waals surface area (Å²) in [7, 11) is 0. The predicted octanol–water partition coefficient (Wildman–Crippen LogP) is 5.27. The number of Topliss-reactive ketones (excluding diaryl/α,β-unsaturated/α-hetero) is 2. The Bertz CT molecular complexity index is 1410. The van der Waals surface area contributed by atoms with Crippen LogP contribution in [0.15, 0.2) is 77.3 Å². The van der Waals surface area contributed by atoms with Gasteiger partial charge in [0.2, 0.25) is 29.0 Å². The van der Waals surface area contributed by atoms with E-state index in [2.05, 4.69) is 29.8 Å². The third-order valence-corrected chi connectivity index (χ3v) is 8.06. The third kappa shape index (κ3) is 2.99. The molecule has 2 saturated heterocycles. The number of halogens is 1. The number of carbonyl (C=O) groups is 4. The van der Waals surface area contributed by atoms with E-state index in [-0.39, 0.29) is 11.1 Å². The largest absolute Gasteiger partial charge is 0.349 e. The molecule has 0 radical (unpaired) electrons. The fraction of sp³-hybridized carbons (Fsp3) is 0.241. The average Bonchev–Trinajstić information content (AvgIpc) is 3.45. The molecule has 36 heavy (non-hydrogen) atoms. The van der Waals surface area contributed by atoms with Gasteiger partial charge < -0.3 is 4.74 Å². The normalized spacial score (nSPS) is 24.2. The SMILES string of the molecule is CC(C)c1ccc([C@H]2OC3(C(=O)c4ccccc4C3=O)[C@@H]3C(=O)N(c4ccc(Br)cc4)C(=O)[C@H]23)cc1. The lowest BCUT2D eigenvalue weighted by atomic mass is 9.77. The molecule has 0 unspecified atom stereocenters. The Morgan fingerprint density at radius 1 is 0.806 bits per heavy atom. The number of ether oxygens (including phenoxy) is 1. The molecule has 3 aromatic carbocycles. The van der Waals surface area contributed by atoms with Gasteiger partial charge in [-0.05, 0) is 41.3 Å². The summed E-state index contributed by atoms with van der Waals surface area (Å²) in [5, 5.41) is 0. The molecule has 0 aromatic heterocycles. The highest BCUT2D eigenvalue weighted by Crippen LogP contribution is 2.57. The third-order valence-electron chi connectivity index (χ3n) is 7.54. The van der Waals surface area contributed by atoms with Crippen LogP contribution in [0.25, 0.3) is 0 Å². The van der Waals surface area contributed by atoms with Crippen LogP contribution in [-0.2, 0) is 14.3 Å². The summed E-state index contributed by atoms with van der Waals surface area (Å²) in [6.45, 7) is 4.16. The van der Waals surface area contributed by atoms with Crippen LogP contribution in [0.2, 0.25) is 0 Å². The second-order valence-corrected chi connectivity index (χ2v) is 10.7. The van der Waals surface area contributed by atoms with Gasteiger partial charge in [0.25, 0.3) is 0 Å². The minimum Gasteiger partial charge on any atom is -0.349 e. The Labute approximate surface area is 216 Å². The fourth-order valence-corrected chi connectivity index (χ4v) is 6.00. The van der Waals surface area contributed by atoms with Crippen molar-refractivity contribution < 1.29 is 23.9 Å². The number of hydrogen-bond donors (Lipinski definition) is 0. The van der Waals surface area contributed by atoms with E-state index in [1.807, 2.05) is 24.3 Å². The Kier molecular flexibility index (Phi) is 5.14. The van der Waals surface area contributed by atoms with Gasteiger partial charge in [0, 0.05) is 15.6 Å². The molecule has 3 atom stereocenters. The number of anilines is 1. The van der Waals surface area contributed by atoms with E-state index in [0.717, 1.165) is 14.9 Å². The van der Waals surface area contributed by atoms with Crippen molar-refractivity contribution >= 4 is 45.0 Å². The molecule has 7 heteroatoms. The van der Waals surface area contributed by atoms with Gasteiger partial charge in [-0.3, -0.25) is 19.2 Å². The lowest BCUT2D eigenvalue weighted by Crippen LogP contribution is -2.51. The highest BCUT2D eigenvalue weighted by atomic mass is 79.9. The summed E-state index contributed by atoms with van der Waals surface area (Å²) in [6.07, 6.45) is -0.921. The minimum absolute atomic E-state index is 0.222. The first kappa shape index (κ1) is 23.0. The topological polar surface area (TPSA) is 80.8 Å². The molecular weight excluding hydrogens is 522 g/mol. The molecule has 3 aromatic rings. The minimum atomic E-state index is -2.06. The molecule has 2 amide bonds. The van der Waals surface area contributed by atoms with E-state index in [1.165, 1.54) is 0 Å². The first-order valence-electron chi connectivity index (χ1n) is 11.9. The van der Waals surface area contributed by atoms with Gasteiger partial charge in [-0.1, -0.05) is 78.3 Å². The smallest absolute Gasteiger partial charge is 0.241 e. The van der Waals surface area contributed by atoms with Crippen molar-refractivity contribution in [3.63, 3.8) is 0 Å². The predicted molar refractivity (Wildman–Crippen MR) is 136 cm³/mol. The van der Waals surface area contributed by atoms with Gasteiger partial charge in [-0.15, -0.1) is 0 Å². The number of imide groups is 1. The molecule has 180 valence electrons. The molecule has 2 aliphatic heterocycles. The number of hydrogen-bond acceptors (Lipinski definition) is 5. The zero-order valence-corrected chi connectivity index (χ0v) is 21.2. The molecule has 2 fully saturated rings. The average molecular weight is 544 g/mol. The number of carbonyl (C=O) groups excluding carboxylic acids is 4. The van der Waals surface area contributed by atoms with Gasteiger partial charge in [0.05, 0.1) is 23.6 Å². The van der Waals surface area contributed by atoms with Crippen molar-refractivity contribution in [1.29, 1.82) is 0 Å². The Balaban J connectivity index is 1.52. The maximum absolute atomic E-state index is 13.9. The summed E-state index contributed by atoms with van der Waals surface area (Å²) in [5.74, 6) is -4.14. The lowest BCUT2D eigenvalue weighted by Gasteiger charge is -2.27. The van der Waals surface area contributed by atoms with E-state index >= 15 is 0 Å². The molecule has 6 rings (SSSR count). The molecule has 1 spiro atoms. The number of amides is 2. The van der Waals surface area contributed by atoms with Crippen molar-refractivity contribution in [2.24, 2.45) is 11.8 Å². The number of ketones is 2. The summed E-state index contributed by atoms with van der Waals surface area (Å²) in [4.78, 5) is 56.5. The number of nitrogens with zero attached hydrogens (tertiary/aromatic N) is 1. The number of benzene rings is 3. The molecule has 0 saturated carbocycles. The van der Waals surface area contributed by atoms with Gasteiger partial charge in [0.15, 0.2) is 0 Å². The zero-order chi connectivity index (χ0) is 25.4. The maximum Gasteiger partial charge on any atom is 0.241 e. The van der Waals surface area contributed by atoms with Crippen molar-refractivity contribution in [3.05, 3.63) is 99.5 Å². The van der Waals surface area contributed by atoms with E-state index in [9.17, 15) is 19.2 Å². The summed E-state index contributed by atoms with van der Waals surface area (Å²) in [6, 6.07) is 20.9. The summed E-state index contributed by atoms with van der Waals surface area (Å²) < 4.78 is 7.14. The molecule has 0 N–H and O–H groups in total. The van der Waals surface area contributed by atoms with Crippen LogP contribution in [0.5, 0.6) is 0 Å². The van der Waals surface area contributed by atoms with E-state index < -0.39 is 46.9 Å². The monoisotopic (exact) mass is 543 g/mol. The van der Waals surface area contributed by atoms with Crippen molar-refractivity contribution in [2.45, 2.75) is 31.5 Å². The van der Waals surface area contributed by atoms with Crippen LogP contribution in [0, 0.1) is 11.8 Å². The Morgan fingerprint density at radius 3 is 1.94 bits per heavy atom. The van der Waals surface area contributed by atoms with Gasteiger partial charge in [-0.25, -0.2) is 4.90 Å². The molecule has 0 bridgehead atoms. The van der Waals surface area contributed by atoms with Crippen LogP contribution < -0.4 is 4.90 Å². The standard InChI is InChI=1S/C29H22BrNO5/c1-15(2)16-7-9-17(10-8-16)24-22-23(28(35)31(27(22)34)19-13-11-18(30)12-14-19)29(36-24)25(32)20-5-3-4-6-21(20)26(29)33/h3-15,22-24H,1-2H3/t22-,23-,24+/m0/s1. The van der Waals surface area contributed by atoms with Gasteiger partial charge in [-0.2, -0.15) is 0 Å². The summed E-state index contributed by atoms with van der Waals surface area (Å²) >= 11 is 3.37. The van der Waals surface area contributed by atoms with E-state index in [1.54, 1.807) is 48.5 Å². The molecule has 2 heterocycles. The first-order chi connectivity index (χ1) is 17.3.